The summed E-state index contributed by atoms with van der Waals surface area (Å²) < 4.78 is 1.67. The molecule has 0 aromatic carbocycles. The number of aromatic nitrogens is 3. The van der Waals surface area contributed by atoms with Crippen molar-refractivity contribution < 1.29 is 4.79 Å². The van der Waals surface area contributed by atoms with E-state index < -0.39 is 0 Å². The molecule has 0 unspecified atom stereocenters. The highest BCUT2D eigenvalue weighted by molar-refractivity contribution is 5.91. The summed E-state index contributed by atoms with van der Waals surface area (Å²) >= 11 is 0. The van der Waals surface area contributed by atoms with Crippen LogP contribution in [-0.4, -0.2) is 58.3 Å². The third kappa shape index (κ3) is 4.29. The van der Waals surface area contributed by atoms with Crippen LogP contribution in [0.3, 0.4) is 0 Å². The van der Waals surface area contributed by atoms with Crippen molar-refractivity contribution in [1.82, 2.24) is 19.7 Å². The number of aryl methyl sites for hydroxylation is 1. The summed E-state index contributed by atoms with van der Waals surface area (Å²) in [5, 5.41) is 7.00. The van der Waals surface area contributed by atoms with Gasteiger partial charge < -0.3 is 10.2 Å². The highest BCUT2D eigenvalue weighted by Crippen LogP contribution is 2.12. The van der Waals surface area contributed by atoms with E-state index in [2.05, 4.69) is 25.2 Å². The molecule has 1 N–H and O–H groups in total. The molecule has 1 fully saturated rings. The molecule has 0 atom stereocenters. The minimum absolute atomic E-state index is 0.0185. The SMILES string of the molecule is Cn1ccc(NC(=O)CN2CCCN(c3ccccn3)CC2)n1. The second-order valence-corrected chi connectivity index (χ2v) is 5.73. The lowest BCUT2D eigenvalue weighted by atomic mass is 10.3. The number of nitrogens with one attached hydrogen (secondary N) is 1. The molecule has 1 amide bonds. The molecule has 122 valence electrons. The monoisotopic (exact) mass is 314 g/mol. The van der Waals surface area contributed by atoms with Gasteiger partial charge >= 0.3 is 0 Å². The van der Waals surface area contributed by atoms with Crippen molar-refractivity contribution in [3.63, 3.8) is 0 Å². The van der Waals surface area contributed by atoms with Gasteiger partial charge in [0.15, 0.2) is 5.82 Å². The van der Waals surface area contributed by atoms with E-state index in [-0.39, 0.29) is 5.91 Å². The van der Waals surface area contributed by atoms with Crippen LogP contribution >= 0.6 is 0 Å². The van der Waals surface area contributed by atoms with Crippen molar-refractivity contribution in [2.45, 2.75) is 6.42 Å². The molecule has 0 aliphatic carbocycles. The summed E-state index contributed by atoms with van der Waals surface area (Å²) in [4.78, 5) is 21.0. The number of carbonyl (C=O) groups excluding carboxylic acids is 1. The maximum absolute atomic E-state index is 12.1. The maximum Gasteiger partial charge on any atom is 0.239 e. The van der Waals surface area contributed by atoms with Gasteiger partial charge in [0.1, 0.15) is 5.82 Å². The van der Waals surface area contributed by atoms with Crippen molar-refractivity contribution in [3.05, 3.63) is 36.7 Å². The Kier molecular flexibility index (Phi) is 4.87. The zero-order valence-corrected chi connectivity index (χ0v) is 13.4. The van der Waals surface area contributed by atoms with Crippen LogP contribution in [0.4, 0.5) is 11.6 Å². The molecule has 7 nitrogen and oxygen atoms in total. The molecule has 0 saturated carbocycles. The van der Waals surface area contributed by atoms with Gasteiger partial charge in [-0.15, -0.1) is 0 Å². The van der Waals surface area contributed by atoms with Crippen LogP contribution < -0.4 is 10.2 Å². The standard InChI is InChI=1S/C16H22N6O/c1-20-10-6-14(19-20)18-16(23)13-21-8-4-9-22(12-11-21)15-5-2-3-7-17-15/h2-3,5-7,10H,4,8-9,11-13H2,1H3,(H,18,19,23). The summed E-state index contributed by atoms with van der Waals surface area (Å²) in [6, 6.07) is 7.76. The van der Waals surface area contributed by atoms with Crippen molar-refractivity contribution in [2.24, 2.45) is 7.05 Å². The van der Waals surface area contributed by atoms with Gasteiger partial charge in [-0.2, -0.15) is 5.10 Å². The van der Waals surface area contributed by atoms with E-state index >= 15 is 0 Å². The fraction of sp³-hybridized carbons (Fsp3) is 0.438. The molecule has 1 aliphatic heterocycles. The molecule has 2 aromatic heterocycles. The molecule has 0 spiro atoms. The number of rotatable bonds is 4. The van der Waals surface area contributed by atoms with Crippen molar-refractivity contribution in [2.75, 3.05) is 42.9 Å². The van der Waals surface area contributed by atoms with Gasteiger partial charge in [-0.25, -0.2) is 4.98 Å². The van der Waals surface area contributed by atoms with Crippen LogP contribution in [0.15, 0.2) is 36.7 Å². The summed E-state index contributed by atoms with van der Waals surface area (Å²) in [5.41, 5.74) is 0. The van der Waals surface area contributed by atoms with Gasteiger partial charge in [-0.3, -0.25) is 14.4 Å². The largest absolute Gasteiger partial charge is 0.355 e. The first kappa shape index (κ1) is 15.5. The predicted molar refractivity (Wildman–Crippen MR) is 89.3 cm³/mol. The first-order valence-electron chi connectivity index (χ1n) is 7.88. The van der Waals surface area contributed by atoms with Crippen LogP contribution in [0.25, 0.3) is 0 Å². The quantitative estimate of drug-likeness (QED) is 0.911. The Hall–Kier alpha value is -2.41. The number of amides is 1. The molecule has 7 heteroatoms. The average Bonchev–Trinajstić information content (AvgIpc) is 2.82. The van der Waals surface area contributed by atoms with Crippen molar-refractivity contribution in [1.29, 1.82) is 0 Å². The summed E-state index contributed by atoms with van der Waals surface area (Å²) in [5.74, 6) is 1.59. The van der Waals surface area contributed by atoms with Crippen LogP contribution in [0.1, 0.15) is 6.42 Å². The van der Waals surface area contributed by atoms with Gasteiger partial charge in [0.05, 0.1) is 6.54 Å². The summed E-state index contributed by atoms with van der Waals surface area (Å²) in [7, 11) is 1.83. The Balaban J connectivity index is 1.51. The molecule has 0 bridgehead atoms. The topological polar surface area (TPSA) is 66.3 Å². The third-order valence-electron chi connectivity index (χ3n) is 3.91. The van der Waals surface area contributed by atoms with E-state index in [0.29, 0.717) is 12.4 Å². The Morgan fingerprint density at radius 3 is 2.87 bits per heavy atom. The zero-order valence-electron chi connectivity index (χ0n) is 13.4. The number of hydrogen-bond donors (Lipinski definition) is 1. The number of carbonyl (C=O) groups is 1. The zero-order chi connectivity index (χ0) is 16.1. The molecule has 3 rings (SSSR count). The Labute approximate surface area is 135 Å². The van der Waals surface area contributed by atoms with Gasteiger partial charge in [-0.05, 0) is 18.6 Å². The lowest BCUT2D eigenvalue weighted by molar-refractivity contribution is -0.117. The van der Waals surface area contributed by atoms with Crippen molar-refractivity contribution in [3.8, 4) is 0 Å². The van der Waals surface area contributed by atoms with Crippen LogP contribution in [0, 0.1) is 0 Å². The van der Waals surface area contributed by atoms with Gasteiger partial charge in [-0.1, -0.05) is 6.07 Å². The molecule has 1 aliphatic rings. The van der Waals surface area contributed by atoms with Crippen LogP contribution in [-0.2, 0) is 11.8 Å². The second-order valence-electron chi connectivity index (χ2n) is 5.73. The average molecular weight is 314 g/mol. The highest BCUT2D eigenvalue weighted by atomic mass is 16.2. The Morgan fingerprint density at radius 2 is 2.13 bits per heavy atom. The third-order valence-corrected chi connectivity index (χ3v) is 3.91. The van der Waals surface area contributed by atoms with Gasteiger partial charge in [0.2, 0.25) is 5.91 Å². The van der Waals surface area contributed by atoms with Crippen LogP contribution in [0.2, 0.25) is 0 Å². The molecular formula is C16H22N6O. The number of nitrogens with zero attached hydrogens (tertiary/aromatic N) is 5. The first-order chi connectivity index (χ1) is 11.2. The van der Waals surface area contributed by atoms with E-state index in [0.717, 1.165) is 38.4 Å². The molecule has 0 radical (unpaired) electrons. The van der Waals surface area contributed by atoms with E-state index in [1.807, 2.05) is 37.6 Å². The van der Waals surface area contributed by atoms with E-state index in [4.69, 9.17) is 0 Å². The van der Waals surface area contributed by atoms with Gasteiger partial charge in [0, 0.05) is 51.7 Å². The normalized spacial score (nSPS) is 16.1. The fourth-order valence-electron chi connectivity index (χ4n) is 2.77. The van der Waals surface area contributed by atoms with Gasteiger partial charge in [0.25, 0.3) is 0 Å². The molecule has 23 heavy (non-hydrogen) atoms. The molecule has 1 saturated heterocycles. The highest BCUT2D eigenvalue weighted by Gasteiger charge is 2.18. The number of hydrogen-bond acceptors (Lipinski definition) is 5. The lowest BCUT2D eigenvalue weighted by Crippen LogP contribution is -2.36. The minimum Gasteiger partial charge on any atom is -0.355 e. The van der Waals surface area contributed by atoms with Crippen LogP contribution in [0.5, 0.6) is 0 Å². The van der Waals surface area contributed by atoms with E-state index in [9.17, 15) is 4.79 Å². The Bertz CT molecular complexity index is 641. The minimum atomic E-state index is -0.0185. The number of anilines is 2. The summed E-state index contributed by atoms with van der Waals surface area (Å²) in [6.45, 7) is 4.01. The van der Waals surface area contributed by atoms with Crippen molar-refractivity contribution >= 4 is 17.5 Å². The predicted octanol–water partition coefficient (Wildman–Crippen LogP) is 0.966. The van der Waals surface area contributed by atoms with E-state index in [1.54, 1.807) is 10.7 Å². The van der Waals surface area contributed by atoms with E-state index in [1.165, 1.54) is 0 Å². The maximum atomic E-state index is 12.1. The smallest absolute Gasteiger partial charge is 0.239 e. The fourth-order valence-corrected chi connectivity index (χ4v) is 2.77. The lowest BCUT2D eigenvalue weighted by Gasteiger charge is -2.22. The summed E-state index contributed by atoms with van der Waals surface area (Å²) in [6.07, 6.45) is 4.65. The molecule has 2 aromatic rings. The molecular weight excluding hydrogens is 292 g/mol. The second kappa shape index (κ2) is 7.23. The molecule has 3 heterocycles. The first-order valence-corrected chi connectivity index (χ1v) is 7.88. The number of pyridine rings is 1. The Morgan fingerprint density at radius 1 is 1.22 bits per heavy atom.